The number of fused-ring (bicyclic) bond motifs is 3. The lowest BCUT2D eigenvalue weighted by Gasteiger charge is -2.38. The molecule has 21 heavy (non-hydrogen) atoms. The zero-order valence-electron chi connectivity index (χ0n) is 11.9. The van der Waals surface area contributed by atoms with Crippen molar-refractivity contribution in [3.8, 4) is 5.75 Å². The van der Waals surface area contributed by atoms with Gasteiger partial charge >= 0.3 is 0 Å². The van der Waals surface area contributed by atoms with Crippen molar-refractivity contribution < 1.29 is 9.13 Å². The summed E-state index contributed by atoms with van der Waals surface area (Å²) in [6, 6.07) is 4.17. The molecule has 0 spiro atoms. The van der Waals surface area contributed by atoms with Gasteiger partial charge in [0.15, 0.2) is 5.82 Å². The van der Waals surface area contributed by atoms with Crippen molar-refractivity contribution in [2.24, 2.45) is 0 Å². The molecular weight excluding hydrogens is 271 g/mol. The summed E-state index contributed by atoms with van der Waals surface area (Å²) < 4.78 is 20.2. The fourth-order valence-corrected chi connectivity index (χ4v) is 3.18. The van der Waals surface area contributed by atoms with Gasteiger partial charge in [-0.1, -0.05) is 6.07 Å². The van der Waals surface area contributed by atoms with E-state index in [0.29, 0.717) is 47.9 Å². The van der Waals surface area contributed by atoms with Gasteiger partial charge in [0.2, 0.25) is 0 Å². The number of H-pyrrole nitrogens is 1. The number of nitrogens with one attached hydrogen (secondary N) is 1. The van der Waals surface area contributed by atoms with E-state index < -0.39 is 0 Å². The Balaban J connectivity index is 1.83. The second kappa shape index (κ2) is 4.56. The van der Waals surface area contributed by atoms with Crippen LogP contribution < -0.4 is 10.3 Å². The first-order valence-electron chi connectivity index (χ1n) is 7.38. The van der Waals surface area contributed by atoms with Gasteiger partial charge in [0, 0.05) is 36.5 Å². The molecule has 1 N–H and O–H groups in total. The standard InChI is InChI=1S/C16H17FN2O2/c1-9-4-6-19(9)8-10-2-3-11-14(13(10)17)18-16(20)12-5-7-21-15(11)12/h2-3,9H,4-8H2,1H3,(H,18,20)/t9-/m1/s1. The fraction of sp³-hybridized carbons (Fsp3) is 0.438. The molecule has 2 aliphatic heterocycles. The number of halogens is 1. The lowest BCUT2D eigenvalue weighted by atomic mass is 10.0. The molecule has 110 valence electrons. The Morgan fingerprint density at radius 3 is 3.05 bits per heavy atom. The first kappa shape index (κ1) is 12.8. The van der Waals surface area contributed by atoms with E-state index in [2.05, 4.69) is 16.8 Å². The number of ether oxygens (including phenoxy) is 1. The summed E-state index contributed by atoms with van der Waals surface area (Å²) in [6.45, 7) is 4.22. The van der Waals surface area contributed by atoms with Crippen LogP contribution in [0.4, 0.5) is 4.39 Å². The molecule has 0 unspecified atom stereocenters. The van der Waals surface area contributed by atoms with Crippen molar-refractivity contribution in [3.63, 3.8) is 0 Å². The molecule has 1 atom stereocenters. The third kappa shape index (κ3) is 1.87. The van der Waals surface area contributed by atoms with Gasteiger partial charge in [-0.25, -0.2) is 4.39 Å². The number of hydrogen-bond acceptors (Lipinski definition) is 3. The Bertz CT molecular complexity index is 784. The van der Waals surface area contributed by atoms with E-state index >= 15 is 0 Å². The number of likely N-dealkylation sites (tertiary alicyclic amines) is 1. The molecule has 5 heteroatoms. The minimum Gasteiger partial charge on any atom is -0.492 e. The minimum atomic E-state index is -0.331. The van der Waals surface area contributed by atoms with Gasteiger partial charge in [0.1, 0.15) is 5.75 Å². The zero-order valence-corrected chi connectivity index (χ0v) is 11.9. The molecular formula is C16H17FN2O2. The van der Waals surface area contributed by atoms with Gasteiger partial charge in [-0.15, -0.1) is 0 Å². The number of rotatable bonds is 2. The highest BCUT2D eigenvalue weighted by molar-refractivity contribution is 5.87. The summed E-state index contributed by atoms with van der Waals surface area (Å²) in [7, 11) is 0. The van der Waals surface area contributed by atoms with Crippen LogP contribution in [0.5, 0.6) is 5.75 Å². The Morgan fingerprint density at radius 1 is 1.48 bits per heavy atom. The molecule has 0 aliphatic carbocycles. The largest absolute Gasteiger partial charge is 0.492 e. The lowest BCUT2D eigenvalue weighted by Crippen LogP contribution is -2.44. The quantitative estimate of drug-likeness (QED) is 0.921. The van der Waals surface area contributed by atoms with Crippen LogP contribution >= 0.6 is 0 Å². The van der Waals surface area contributed by atoms with Gasteiger partial charge in [-0.2, -0.15) is 0 Å². The molecule has 0 bridgehead atoms. The average molecular weight is 288 g/mol. The van der Waals surface area contributed by atoms with Crippen LogP contribution in [0.3, 0.4) is 0 Å². The van der Waals surface area contributed by atoms with E-state index in [0.717, 1.165) is 13.0 Å². The molecule has 0 saturated carbocycles. The van der Waals surface area contributed by atoms with Crippen molar-refractivity contribution in [1.29, 1.82) is 0 Å². The molecule has 1 saturated heterocycles. The summed E-state index contributed by atoms with van der Waals surface area (Å²) in [6.07, 6.45) is 1.75. The molecule has 3 heterocycles. The summed E-state index contributed by atoms with van der Waals surface area (Å²) in [5.41, 5.74) is 1.29. The Labute approximate surface area is 121 Å². The van der Waals surface area contributed by atoms with Crippen LogP contribution in [0.2, 0.25) is 0 Å². The number of benzene rings is 1. The molecule has 4 nitrogen and oxygen atoms in total. The number of hydrogen-bond donors (Lipinski definition) is 1. The summed E-state index contributed by atoms with van der Waals surface area (Å²) in [5, 5.41) is 0.667. The van der Waals surface area contributed by atoms with Crippen LogP contribution in [0.15, 0.2) is 16.9 Å². The van der Waals surface area contributed by atoms with Crippen molar-refractivity contribution in [2.75, 3.05) is 13.2 Å². The van der Waals surface area contributed by atoms with Gasteiger partial charge in [0.05, 0.1) is 17.7 Å². The smallest absolute Gasteiger partial charge is 0.255 e. The van der Waals surface area contributed by atoms with E-state index in [1.54, 1.807) is 0 Å². The first-order valence-corrected chi connectivity index (χ1v) is 7.38. The number of aromatic nitrogens is 1. The predicted molar refractivity (Wildman–Crippen MR) is 78.2 cm³/mol. The second-order valence-electron chi connectivity index (χ2n) is 5.93. The van der Waals surface area contributed by atoms with Crippen molar-refractivity contribution >= 4 is 10.9 Å². The highest BCUT2D eigenvalue weighted by Crippen LogP contribution is 2.33. The maximum absolute atomic E-state index is 14.7. The van der Waals surface area contributed by atoms with Crippen molar-refractivity contribution in [2.45, 2.75) is 32.4 Å². The van der Waals surface area contributed by atoms with E-state index in [1.807, 2.05) is 12.1 Å². The second-order valence-corrected chi connectivity index (χ2v) is 5.93. The average Bonchev–Trinajstić information content (AvgIpc) is 2.96. The van der Waals surface area contributed by atoms with Gasteiger partial charge in [-0.05, 0) is 19.4 Å². The van der Waals surface area contributed by atoms with Gasteiger partial charge < -0.3 is 9.72 Å². The topological polar surface area (TPSA) is 45.3 Å². The number of nitrogens with zero attached hydrogens (tertiary/aromatic N) is 1. The Kier molecular flexibility index (Phi) is 2.79. The number of pyridine rings is 1. The molecule has 1 aromatic carbocycles. The molecule has 4 rings (SSSR count). The van der Waals surface area contributed by atoms with Gasteiger partial charge in [0.25, 0.3) is 5.56 Å². The van der Waals surface area contributed by atoms with Gasteiger partial charge in [-0.3, -0.25) is 9.69 Å². The normalized spacial score (nSPS) is 21.1. The Morgan fingerprint density at radius 2 is 2.33 bits per heavy atom. The van der Waals surface area contributed by atoms with E-state index in [4.69, 9.17) is 4.74 Å². The van der Waals surface area contributed by atoms with Crippen LogP contribution in [0, 0.1) is 5.82 Å². The minimum absolute atomic E-state index is 0.233. The number of aromatic amines is 1. The highest BCUT2D eigenvalue weighted by Gasteiger charge is 2.26. The fourth-order valence-electron chi connectivity index (χ4n) is 3.18. The summed E-state index contributed by atoms with van der Waals surface area (Å²) in [4.78, 5) is 16.9. The molecule has 1 aromatic heterocycles. The van der Waals surface area contributed by atoms with Crippen LogP contribution in [0.25, 0.3) is 10.9 Å². The monoisotopic (exact) mass is 288 g/mol. The van der Waals surface area contributed by atoms with Crippen LogP contribution in [0.1, 0.15) is 24.5 Å². The third-order valence-electron chi connectivity index (χ3n) is 4.68. The summed E-state index contributed by atoms with van der Waals surface area (Å²) >= 11 is 0. The van der Waals surface area contributed by atoms with E-state index in [9.17, 15) is 9.18 Å². The van der Waals surface area contributed by atoms with Crippen molar-refractivity contribution in [3.05, 3.63) is 39.4 Å². The van der Waals surface area contributed by atoms with E-state index in [-0.39, 0.29) is 16.9 Å². The Hall–Kier alpha value is -1.88. The maximum atomic E-state index is 14.7. The van der Waals surface area contributed by atoms with Crippen molar-refractivity contribution in [1.82, 2.24) is 9.88 Å². The zero-order chi connectivity index (χ0) is 14.6. The summed E-state index contributed by atoms with van der Waals surface area (Å²) in [5.74, 6) is 0.221. The molecule has 2 aliphatic rings. The SMILES string of the molecule is C[C@@H]1CCN1Cc1ccc2c3c(c(=O)[nH]c2c1F)CCO3. The molecule has 2 aromatic rings. The predicted octanol–water partition coefficient (Wildman–Crippen LogP) is 2.20. The van der Waals surface area contributed by atoms with E-state index in [1.165, 1.54) is 0 Å². The first-order chi connectivity index (χ1) is 10.1. The lowest BCUT2D eigenvalue weighted by molar-refractivity contribution is 0.0946. The maximum Gasteiger partial charge on any atom is 0.255 e. The molecule has 0 amide bonds. The highest BCUT2D eigenvalue weighted by atomic mass is 19.1. The molecule has 0 radical (unpaired) electrons. The third-order valence-corrected chi connectivity index (χ3v) is 4.68. The molecule has 1 fully saturated rings. The van der Waals surface area contributed by atoms with Crippen LogP contribution in [-0.4, -0.2) is 29.1 Å². The van der Waals surface area contributed by atoms with Crippen LogP contribution in [-0.2, 0) is 13.0 Å².